The summed E-state index contributed by atoms with van der Waals surface area (Å²) in [5, 5.41) is 8.80. The topological polar surface area (TPSA) is 73.2 Å². The van der Waals surface area contributed by atoms with Gasteiger partial charge in [-0.15, -0.1) is 0 Å². The van der Waals surface area contributed by atoms with Crippen LogP contribution in [0.25, 0.3) is 0 Å². The van der Waals surface area contributed by atoms with Crippen LogP contribution >= 0.6 is 0 Å². The molecule has 0 aromatic heterocycles. The second-order valence-corrected chi connectivity index (χ2v) is 6.24. The molecule has 0 heterocycles. The van der Waals surface area contributed by atoms with E-state index in [1.165, 1.54) is 12.1 Å². The zero-order chi connectivity index (χ0) is 15.0. The number of likely N-dealkylation sites (N-methyl/N-ethyl adjacent to an activating group) is 1. The number of sulfonamides is 1. The molecule has 0 unspecified atom stereocenters. The van der Waals surface area contributed by atoms with Crippen molar-refractivity contribution in [3.8, 4) is 6.07 Å². The van der Waals surface area contributed by atoms with Crippen LogP contribution < -0.4 is 4.72 Å². The van der Waals surface area contributed by atoms with Crippen LogP contribution in [0.15, 0.2) is 29.2 Å². The van der Waals surface area contributed by atoms with E-state index in [0.717, 1.165) is 19.5 Å². The van der Waals surface area contributed by atoms with Crippen LogP contribution in [0.2, 0.25) is 0 Å². The van der Waals surface area contributed by atoms with Crippen LogP contribution in [-0.4, -0.2) is 39.5 Å². The molecule has 0 aliphatic carbocycles. The summed E-state index contributed by atoms with van der Waals surface area (Å²) in [6.45, 7) is 7.07. The molecule has 0 fully saturated rings. The molecule has 110 valence electrons. The lowest BCUT2D eigenvalue weighted by Crippen LogP contribution is -2.35. The standard InChI is InChI=1S/C14H21N3O2S/c1-3-9-17(4-2)10-8-16-20(18,19)14-7-5-6-13(11-14)12-15/h5-7,11,16H,3-4,8-10H2,1-2H3. The number of nitriles is 1. The van der Waals surface area contributed by atoms with Crippen molar-refractivity contribution < 1.29 is 8.42 Å². The Labute approximate surface area is 121 Å². The Hall–Kier alpha value is -1.42. The summed E-state index contributed by atoms with van der Waals surface area (Å²) in [5.41, 5.74) is 0.342. The van der Waals surface area contributed by atoms with E-state index in [2.05, 4.69) is 23.5 Å². The Kier molecular flexibility index (Phi) is 6.65. The van der Waals surface area contributed by atoms with Crippen molar-refractivity contribution in [3.05, 3.63) is 29.8 Å². The Morgan fingerprint density at radius 3 is 2.65 bits per heavy atom. The van der Waals surface area contributed by atoms with Gasteiger partial charge in [0.15, 0.2) is 0 Å². The molecule has 1 aromatic rings. The van der Waals surface area contributed by atoms with Gasteiger partial charge in [0.05, 0.1) is 16.5 Å². The maximum atomic E-state index is 12.1. The normalized spacial score (nSPS) is 11.5. The molecule has 0 amide bonds. The summed E-state index contributed by atoms with van der Waals surface area (Å²) in [6, 6.07) is 7.97. The van der Waals surface area contributed by atoms with Crippen molar-refractivity contribution in [1.82, 2.24) is 9.62 Å². The van der Waals surface area contributed by atoms with Crippen LogP contribution in [0, 0.1) is 11.3 Å². The number of nitrogens with zero attached hydrogens (tertiary/aromatic N) is 2. The zero-order valence-electron chi connectivity index (χ0n) is 12.0. The Morgan fingerprint density at radius 1 is 1.30 bits per heavy atom. The Morgan fingerprint density at radius 2 is 2.05 bits per heavy atom. The highest BCUT2D eigenvalue weighted by molar-refractivity contribution is 7.89. The third-order valence-electron chi connectivity index (χ3n) is 2.98. The molecule has 0 saturated heterocycles. The molecule has 5 nitrogen and oxygen atoms in total. The fourth-order valence-corrected chi connectivity index (χ4v) is 2.97. The molecule has 0 radical (unpaired) electrons. The molecule has 20 heavy (non-hydrogen) atoms. The second-order valence-electron chi connectivity index (χ2n) is 4.47. The van der Waals surface area contributed by atoms with Crippen molar-refractivity contribution in [2.24, 2.45) is 0 Å². The number of hydrogen-bond donors (Lipinski definition) is 1. The molecule has 0 spiro atoms. The molecule has 1 rings (SSSR count). The number of benzene rings is 1. The summed E-state index contributed by atoms with van der Waals surface area (Å²) in [4.78, 5) is 2.32. The highest BCUT2D eigenvalue weighted by atomic mass is 32.2. The average molecular weight is 295 g/mol. The van der Waals surface area contributed by atoms with E-state index >= 15 is 0 Å². The zero-order valence-corrected chi connectivity index (χ0v) is 12.8. The molecule has 1 aromatic carbocycles. The van der Waals surface area contributed by atoms with Crippen molar-refractivity contribution in [1.29, 1.82) is 5.26 Å². The van der Waals surface area contributed by atoms with E-state index in [1.54, 1.807) is 12.1 Å². The molecular weight excluding hydrogens is 274 g/mol. The van der Waals surface area contributed by atoms with Gasteiger partial charge in [-0.1, -0.05) is 19.9 Å². The monoisotopic (exact) mass is 295 g/mol. The van der Waals surface area contributed by atoms with Crippen molar-refractivity contribution >= 4 is 10.0 Å². The molecular formula is C14H21N3O2S. The van der Waals surface area contributed by atoms with Crippen LogP contribution in [-0.2, 0) is 10.0 Å². The largest absolute Gasteiger partial charge is 0.302 e. The first-order chi connectivity index (χ1) is 9.53. The molecule has 0 aliphatic heterocycles. The minimum atomic E-state index is -3.54. The van der Waals surface area contributed by atoms with E-state index in [4.69, 9.17) is 5.26 Å². The van der Waals surface area contributed by atoms with Gasteiger partial charge in [-0.05, 0) is 37.7 Å². The smallest absolute Gasteiger partial charge is 0.240 e. The van der Waals surface area contributed by atoms with Crippen LogP contribution in [0.4, 0.5) is 0 Å². The molecule has 0 bridgehead atoms. The quantitative estimate of drug-likeness (QED) is 0.790. The first-order valence-electron chi connectivity index (χ1n) is 6.75. The third-order valence-corrected chi connectivity index (χ3v) is 4.44. The highest BCUT2D eigenvalue weighted by Crippen LogP contribution is 2.10. The van der Waals surface area contributed by atoms with Gasteiger partial charge in [-0.25, -0.2) is 13.1 Å². The van der Waals surface area contributed by atoms with Gasteiger partial charge in [-0.2, -0.15) is 5.26 Å². The fourth-order valence-electron chi connectivity index (χ4n) is 1.90. The second kappa shape index (κ2) is 8.00. The number of hydrogen-bond acceptors (Lipinski definition) is 4. The summed E-state index contributed by atoms with van der Waals surface area (Å²) in [7, 11) is -3.54. The van der Waals surface area contributed by atoms with E-state index in [1.807, 2.05) is 6.07 Å². The fraction of sp³-hybridized carbons (Fsp3) is 0.500. The minimum Gasteiger partial charge on any atom is -0.302 e. The summed E-state index contributed by atoms with van der Waals surface area (Å²) in [6.07, 6.45) is 1.05. The van der Waals surface area contributed by atoms with Gasteiger partial charge in [-0.3, -0.25) is 0 Å². The van der Waals surface area contributed by atoms with Crippen molar-refractivity contribution in [3.63, 3.8) is 0 Å². The average Bonchev–Trinajstić information content (AvgIpc) is 2.46. The Balaban J connectivity index is 2.64. The highest BCUT2D eigenvalue weighted by Gasteiger charge is 2.14. The van der Waals surface area contributed by atoms with E-state index in [9.17, 15) is 8.42 Å². The molecule has 1 N–H and O–H groups in total. The maximum Gasteiger partial charge on any atom is 0.240 e. The Bertz CT molecular complexity index is 564. The lowest BCUT2D eigenvalue weighted by molar-refractivity contribution is 0.293. The summed E-state index contributed by atoms with van der Waals surface area (Å²) in [5.74, 6) is 0. The summed E-state index contributed by atoms with van der Waals surface area (Å²) >= 11 is 0. The molecule has 0 atom stereocenters. The van der Waals surface area contributed by atoms with Gasteiger partial charge in [0, 0.05) is 13.1 Å². The van der Waals surface area contributed by atoms with Gasteiger partial charge < -0.3 is 4.90 Å². The van der Waals surface area contributed by atoms with Crippen LogP contribution in [0.5, 0.6) is 0 Å². The van der Waals surface area contributed by atoms with Crippen molar-refractivity contribution in [2.45, 2.75) is 25.2 Å². The van der Waals surface area contributed by atoms with E-state index < -0.39 is 10.0 Å². The molecule has 0 saturated carbocycles. The van der Waals surface area contributed by atoms with Gasteiger partial charge >= 0.3 is 0 Å². The predicted molar refractivity (Wildman–Crippen MR) is 78.8 cm³/mol. The minimum absolute atomic E-state index is 0.134. The lowest BCUT2D eigenvalue weighted by Gasteiger charge is -2.19. The van der Waals surface area contributed by atoms with Crippen LogP contribution in [0.1, 0.15) is 25.8 Å². The summed E-state index contributed by atoms with van der Waals surface area (Å²) < 4.78 is 26.7. The number of rotatable bonds is 8. The third kappa shape index (κ3) is 4.93. The maximum absolute atomic E-state index is 12.1. The van der Waals surface area contributed by atoms with E-state index in [-0.39, 0.29) is 4.90 Å². The van der Waals surface area contributed by atoms with E-state index in [0.29, 0.717) is 18.7 Å². The molecule has 0 aliphatic rings. The first-order valence-corrected chi connectivity index (χ1v) is 8.24. The SMILES string of the molecule is CCCN(CC)CCNS(=O)(=O)c1cccc(C#N)c1. The molecule has 6 heteroatoms. The predicted octanol–water partition coefficient (Wildman–Crippen LogP) is 1.57. The number of nitrogens with one attached hydrogen (secondary N) is 1. The van der Waals surface area contributed by atoms with Gasteiger partial charge in [0.25, 0.3) is 0 Å². The first kappa shape index (κ1) is 16.6. The lowest BCUT2D eigenvalue weighted by atomic mass is 10.2. The van der Waals surface area contributed by atoms with Gasteiger partial charge in [0.2, 0.25) is 10.0 Å². The van der Waals surface area contributed by atoms with Crippen molar-refractivity contribution in [2.75, 3.05) is 26.2 Å². The van der Waals surface area contributed by atoms with Gasteiger partial charge in [0.1, 0.15) is 0 Å². The van der Waals surface area contributed by atoms with Crippen LogP contribution in [0.3, 0.4) is 0 Å².